The van der Waals surface area contributed by atoms with Gasteiger partial charge < -0.3 is 9.64 Å². The van der Waals surface area contributed by atoms with Gasteiger partial charge in [0.2, 0.25) is 0 Å². The van der Waals surface area contributed by atoms with Gasteiger partial charge in [0.1, 0.15) is 11.6 Å². The Labute approximate surface area is 164 Å². The highest BCUT2D eigenvalue weighted by molar-refractivity contribution is 7.99. The van der Waals surface area contributed by atoms with E-state index >= 15 is 0 Å². The van der Waals surface area contributed by atoms with Crippen LogP contribution in [0.4, 0.5) is 10.1 Å². The molecule has 6 heteroatoms. The van der Waals surface area contributed by atoms with E-state index in [-0.39, 0.29) is 5.82 Å². The standard InChI is InChI=1S/C20H24ClFN2OS/c1-25-20-15-16(21)3-8-19(20)24-12-10-23(11-13-24)9-2-14-26-18-6-4-17(22)5-7-18/h3-8,15H,2,9-14H2,1H3. The monoisotopic (exact) mass is 394 g/mol. The summed E-state index contributed by atoms with van der Waals surface area (Å²) >= 11 is 7.84. The Morgan fingerprint density at radius 1 is 1.08 bits per heavy atom. The first-order valence-corrected chi connectivity index (χ1v) is 10.2. The zero-order chi connectivity index (χ0) is 18.4. The molecule has 1 aliphatic heterocycles. The number of anilines is 1. The van der Waals surface area contributed by atoms with E-state index in [0.29, 0.717) is 5.02 Å². The van der Waals surface area contributed by atoms with Crippen molar-refractivity contribution >= 4 is 29.1 Å². The van der Waals surface area contributed by atoms with Crippen molar-refractivity contribution in [1.29, 1.82) is 0 Å². The van der Waals surface area contributed by atoms with Crippen molar-refractivity contribution in [2.75, 3.05) is 50.5 Å². The van der Waals surface area contributed by atoms with E-state index in [2.05, 4.69) is 9.80 Å². The smallest absolute Gasteiger partial charge is 0.143 e. The Morgan fingerprint density at radius 2 is 1.81 bits per heavy atom. The van der Waals surface area contributed by atoms with Crippen LogP contribution in [0, 0.1) is 5.82 Å². The molecule has 0 atom stereocenters. The van der Waals surface area contributed by atoms with E-state index in [4.69, 9.17) is 16.3 Å². The third kappa shape index (κ3) is 5.29. The lowest BCUT2D eigenvalue weighted by Crippen LogP contribution is -2.46. The molecule has 26 heavy (non-hydrogen) atoms. The molecule has 0 N–H and O–H groups in total. The average molecular weight is 395 g/mol. The topological polar surface area (TPSA) is 15.7 Å². The maximum Gasteiger partial charge on any atom is 0.143 e. The van der Waals surface area contributed by atoms with Gasteiger partial charge in [-0.1, -0.05) is 11.6 Å². The number of thioether (sulfide) groups is 1. The van der Waals surface area contributed by atoms with E-state index in [0.717, 1.165) is 61.2 Å². The second kappa shape index (κ2) is 9.49. The average Bonchev–Trinajstić information content (AvgIpc) is 2.67. The van der Waals surface area contributed by atoms with E-state index in [1.807, 2.05) is 30.3 Å². The highest BCUT2D eigenvalue weighted by atomic mass is 35.5. The maximum atomic E-state index is 12.9. The van der Waals surface area contributed by atoms with Crippen LogP contribution < -0.4 is 9.64 Å². The SMILES string of the molecule is COc1cc(Cl)ccc1N1CCN(CCCSc2ccc(F)cc2)CC1. The van der Waals surface area contributed by atoms with Gasteiger partial charge in [0.05, 0.1) is 12.8 Å². The van der Waals surface area contributed by atoms with Crippen LogP contribution in [0.3, 0.4) is 0 Å². The van der Waals surface area contributed by atoms with Gasteiger partial charge in [-0.25, -0.2) is 4.39 Å². The fourth-order valence-corrected chi connectivity index (χ4v) is 4.13. The zero-order valence-corrected chi connectivity index (χ0v) is 16.5. The van der Waals surface area contributed by atoms with E-state index in [1.54, 1.807) is 18.9 Å². The number of benzene rings is 2. The van der Waals surface area contributed by atoms with Crippen LogP contribution >= 0.6 is 23.4 Å². The van der Waals surface area contributed by atoms with Crippen LogP contribution in [-0.4, -0.2) is 50.5 Å². The summed E-state index contributed by atoms with van der Waals surface area (Å²) in [7, 11) is 1.68. The molecule has 0 radical (unpaired) electrons. The Balaban J connectivity index is 1.40. The van der Waals surface area contributed by atoms with Crippen molar-refractivity contribution in [2.45, 2.75) is 11.3 Å². The van der Waals surface area contributed by atoms with Crippen molar-refractivity contribution in [1.82, 2.24) is 4.90 Å². The lowest BCUT2D eigenvalue weighted by Gasteiger charge is -2.36. The number of hydrogen-bond acceptors (Lipinski definition) is 4. The molecule has 0 amide bonds. The summed E-state index contributed by atoms with van der Waals surface area (Å²) in [5.74, 6) is 1.71. The van der Waals surface area contributed by atoms with E-state index < -0.39 is 0 Å². The molecule has 0 unspecified atom stereocenters. The zero-order valence-electron chi connectivity index (χ0n) is 15.0. The van der Waals surface area contributed by atoms with Crippen LogP contribution in [0.15, 0.2) is 47.4 Å². The van der Waals surface area contributed by atoms with Gasteiger partial charge in [-0.2, -0.15) is 0 Å². The maximum absolute atomic E-state index is 12.9. The molecular weight excluding hydrogens is 371 g/mol. The molecule has 0 aliphatic carbocycles. The van der Waals surface area contributed by atoms with Crippen LogP contribution in [0.25, 0.3) is 0 Å². The number of methoxy groups -OCH3 is 1. The minimum absolute atomic E-state index is 0.176. The molecule has 0 saturated carbocycles. The molecule has 2 aromatic rings. The van der Waals surface area contributed by atoms with Crippen LogP contribution in [0.5, 0.6) is 5.75 Å². The third-order valence-corrected chi connectivity index (χ3v) is 5.89. The largest absolute Gasteiger partial charge is 0.495 e. The quantitative estimate of drug-likeness (QED) is 0.495. The predicted octanol–water partition coefficient (Wildman–Crippen LogP) is 4.79. The Morgan fingerprint density at radius 3 is 2.50 bits per heavy atom. The number of piperazine rings is 1. The molecule has 1 fully saturated rings. The molecule has 3 rings (SSSR count). The molecular formula is C20H24ClFN2OS. The highest BCUT2D eigenvalue weighted by Crippen LogP contribution is 2.31. The Hall–Kier alpha value is -1.43. The van der Waals surface area contributed by atoms with Crippen LogP contribution in [-0.2, 0) is 0 Å². The highest BCUT2D eigenvalue weighted by Gasteiger charge is 2.19. The van der Waals surface area contributed by atoms with Crippen molar-refractivity contribution in [2.24, 2.45) is 0 Å². The summed E-state index contributed by atoms with van der Waals surface area (Å²) < 4.78 is 18.4. The van der Waals surface area contributed by atoms with Gasteiger partial charge in [0, 0.05) is 42.2 Å². The van der Waals surface area contributed by atoms with Gasteiger partial charge in [0.15, 0.2) is 0 Å². The van der Waals surface area contributed by atoms with Gasteiger partial charge in [-0.15, -0.1) is 11.8 Å². The molecule has 1 saturated heterocycles. The molecule has 0 spiro atoms. The Kier molecular flexibility index (Phi) is 7.06. The van der Waals surface area contributed by atoms with Crippen molar-refractivity contribution in [3.63, 3.8) is 0 Å². The normalized spacial score (nSPS) is 15.3. The number of halogens is 2. The molecule has 1 heterocycles. The lowest BCUT2D eigenvalue weighted by molar-refractivity contribution is 0.258. The summed E-state index contributed by atoms with van der Waals surface area (Å²) in [5.41, 5.74) is 1.11. The molecule has 140 valence electrons. The molecule has 3 nitrogen and oxygen atoms in total. The molecule has 0 bridgehead atoms. The van der Waals surface area contributed by atoms with Crippen molar-refractivity contribution < 1.29 is 9.13 Å². The fourth-order valence-electron chi connectivity index (χ4n) is 3.13. The van der Waals surface area contributed by atoms with E-state index in [9.17, 15) is 4.39 Å². The van der Waals surface area contributed by atoms with Crippen molar-refractivity contribution in [3.8, 4) is 5.75 Å². The van der Waals surface area contributed by atoms with Gasteiger partial charge in [-0.3, -0.25) is 4.90 Å². The predicted molar refractivity (Wildman–Crippen MR) is 108 cm³/mol. The van der Waals surface area contributed by atoms with Crippen molar-refractivity contribution in [3.05, 3.63) is 53.3 Å². The fraction of sp³-hybridized carbons (Fsp3) is 0.400. The first-order chi connectivity index (χ1) is 12.7. The second-order valence-electron chi connectivity index (χ2n) is 6.30. The minimum Gasteiger partial charge on any atom is -0.495 e. The number of rotatable bonds is 7. The summed E-state index contributed by atoms with van der Waals surface area (Å²) in [6.45, 7) is 5.17. The minimum atomic E-state index is -0.176. The summed E-state index contributed by atoms with van der Waals surface area (Å²) in [6, 6.07) is 12.6. The summed E-state index contributed by atoms with van der Waals surface area (Å²) in [4.78, 5) is 5.99. The first-order valence-electron chi connectivity index (χ1n) is 8.85. The van der Waals surface area contributed by atoms with Gasteiger partial charge in [0.25, 0.3) is 0 Å². The van der Waals surface area contributed by atoms with Crippen LogP contribution in [0.1, 0.15) is 6.42 Å². The lowest BCUT2D eigenvalue weighted by atomic mass is 10.2. The third-order valence-electron chi connectivity index (χ3n) is 4.56. The second-order valence-corrected chi connectivity index (χ2v) is 7.91. The van der Waals surface area contributed by atoms with E-state index in [1.165, 1.54) is 12.1 Å². The number of hydrogen-bond donors (Lipinski definition) is 0. The number of ether oxygens (including phenoxy) is 1. The Bertz CT molecular complexity index is 705. The van der Waals surface area contributed by atoms with Crippen LogP contribution in [0.2, 0.25) is 5.02 Å². The molecule has 1 aliphatic rings. The van der Waals surface area contributed by atoms with Gasteiger partial charge in [-0.05, 0) is 55.1 Å². The number of nitrogens with zero attached hydrogens (tertiary/aromatic N) is 2. The summed E-state index contributed by atoms with van der Waals surface area (Å²) in [5, 5.41) is 0.697. The summed E-state index contributed by atoms with van der Waals surface area (Å²) in [6.07, 6.45) is 1.13. The molecule has 2 aromatic carbocycles. The first kappa shape index (κ1) is 19.3. The van der Waals surface area contributed by atoms with Gasteiger partial charge >= 0.3 is 0 Å². The molecule has 0 aromatic heterocycles.